The summed E-state index contributed by atoms with van der Waals surface area (Å²) in [5, 5.41) is 0. The van der Waals surface area contributed by atoms with Crippen molar-refractivity contribution in [3.8, 4) is 0 Å². The molecule has 0 saturated heterocycles. The van der Waals surface area contributed by atoms with Gasteiger partial charge in [0.1, 0.15) is 13.2 Å². The number of carbonyl (C=O) groups is 3. The van der Waals surface area contributed by atoms with E-state index in [1.807, 2.05) is 0 Å². The van der Waals surface area contributed by atoms with Crippen LogP contribution >= 0.6 is 0 Å². The minimum absolute atomic E-state index is 0.0731. The van der Waals surface area contributed by atoms with Crippen LogP contribution in [0.2, 0.25) is 0 Å². The summed E-state index contributed by atoms with van der Waals surface area (Å²) in [7, 11) is 0. The third kappa shape index (κ3) is 48.0. The molecule has 0 aromatic carbocycles. The smallest absolute Gasteiger partial charge is 0.306 e. The summed E-state index contributed by atoms with van der Waals surface area (Å²) in [6.45, 7) is 6.48. The molecule has 0 bridgehead atoms. The molecule has 61 heavy (non-hydrogen) atoms. The maximum Gasteiger partial charge on any atom is 0.306 e. The molecule has 0 aromatic rings. The first-order valence-electron chi connectivity index (χ1n) is 25.8. The summed E-state index contributed by atoms with van der Waals surface area (Å²) in [5.74, 6) is -0.882. The van der Waals surface area contributed by atoms with Gasteiger partial charge in [-0.15, -0.1) is 0 Å². The molecular formula is C55H96O6. The van der Waals surface area contributed by atoms with E-state index in [0.717, 1.165) is 96.3 Å². The standard InChI is InChI=1S/C55H96O6/c1-4-7-10-13-16-19-21-22-23-24-25-26-27-28-29-30-31-32-33-34-35-37-39-42-45-48-54(57)60-51-52(50-59-53(56)47-44-41-38-18-15-12-9-6-3)61-55(58)49-46-43-40-36-20-17-14-11-8-5-2/h7,10,16,19,22-23,25-26,28-29,52H,4-6,8-9,11-15,17-18,20-21,24,27,30-51H2,1-3H3/b10-7-,19-16-,23-22-,26-25-,29-28-. The maximum absolute atomic E-state index is 12.7. The second-order valence-electron chi connectivity index (χ2n) is 17.1. The minimum atomic E-state index is -0.769. The van der Waals surface area contributed by atoms with Crippen molar-refractivity contribution < 1.29 is 28.6 Å². The van der Waals surface area contributed by atoms with Crippen molar-refractivity contribution in [2.45, 2.75) is 258 Å². The molecule has 0 saturated carbocycles. The first-order chi connectivity index (χ1) is 30.0. The predicted molar refractivity (Wildman–Crippen MR) is 261 cm³/mol. The molecule has 1 unspecified atom stereocenters. The summed E-state index contributed by atoms with van der Waals surface area (Å²) >= 11 is 0. The fourth-order valence-electron chi connectivity index (χ4n) is 7.17. The Bertz CT molecular complexity index is 1120. The van der Waals surface area contributed by atoms with Crippen LogP contribution in [0.25, 0.3) is 0 Å². The fraction of sp³-hybridized carbons (Fsp3) is 0.764. The molecule has 6 heteroatoms. The quantitative estimate of drug-likeness (QED) is 0.0263. The first-order valence-corrected chi connectivity index (χ1v) is 25.8. The number of ether oxygens (including phenoxy) is 3. The Morgan fingerprint density at radius 2 is 0.639 bits per heavy atom. The topological polar surface area (TPSA) is 78.9 Å². The van der Waals surface area contributed by atoms with Crippen molar-refractivity contribution in [1.82, 2.24) is 0 Å². The maximum atomic E-state index is 12.7. The Hall–Kier alpha value is -2.89. The minimum Gasteiger partial charge on any atom is -0.462 e. The number of hydrogen-bond donors (Lipinski definition) is 0. The van der Waals surface area contributed by atoms with Gasteiger partial charge in [-0.05, 0) is 64.2 Å². The molecule has 352 valence electrons. The zero-order valence-corrected chi connectivity index (χ0v) is 40.2. The molecule has 0 spiro atoms. The van der Waals surface area contributed by atoms with E-state index in [0.29, 0.717) is 19.3 Å². The number of carbonyl (C=O) groups excluding carboxylic acids is 3. The highest BCUT2D eigenvalue weighted by Crippen LogP contribution is 2.15. The SMILES string of the molecule is CC/C=C\C/C=C\C/C=C\C/C=C\C/C=C\CCCCCCCCCCCC(=O)OCC(COC(=O)CCCCCCCCCC)OC(=O)CCCCCCCCCCCC. The molecule has 0 rings (SSSR count). The normalized spacial score (nSPS) is 12.5. The Kier molecular flexibility index (Phi) is 47.4. The van der Waals surface area contributed by atoms with E-state index in [4.69, 9.17) is 14.2 Å². The molecule has 0 aliphatic heterocycles. The number of hydrogen-bond acceptors (Lipinski definition) is 6. The summed E-state index contributed by atoms with van der Waals surface area (Å²) in [6, 6.07) is 0. The molecule has 6 nitrogen and oxygen atoms in total. The molecule has 0 amide bonds. The van der Waals surface area contributed by atoms with E-state index >= 15 is 0 Å². The molecule has 0 fully saturated rings. The van der Waals surface area contributed by atoms with Crippen LogP contribution in [0.4, 0.5) is 0 Å². The van der Waals surface area contributed by atoms with Gasteiger partial charge in [-0.25, -0.2) is 0 Å². The molecule has 0 aliphatic rings. The third-order valence-corrected chi connectivity index (χ3v) is 11.0. The van der Waals surface area contributed by atoms with Crippen molar-refractivity contribution in [1.29, 1.82) is 0 Å². The van der Waals surface area contributed by atoms with Gasteiger partial charge < -0.3 is 14.2 Å². The van der Waals surface area contributed by atoms with Gasteiger partial charge in [0.2, 0.25) is 0 Å². The van der Waals surface area contributed by atoms with Gasteiger partial charge in [0.05, 0.1) is 0 Å². The number of rotatable bonds is 46. The summed E-state index contributed by atoms with van der Waals surface area (Å²) < 4.78 is 16.7. The van der Waals surface area contributed by atoms with Crippen molar-refractivity contribution >= 4 is 17.9 Å². The predicted octanol–water partition coefficient (Wildman–Crippen LogP) is 16.9. The van der Waals surface area contributed by atoms with Crippen LogP contribution in [-0.2, 0) is 28.6 Å². The van der Waals surface area contributed by atoms with Gasteiger partial charge in [0.15, 0.2) is 6.10 Å². The van der Waals surface area contributed by atoms with Gasteiger partial charge in [0.25, 0.3) is 0 Å². The first kappa shape index (κ1) is 58.1. The highest BCUT2D eigenvalue weighted by Gasteiger charge is 2.19. The average molecular weight is 853 g/mol. The Balaban J connectivity index is 4.16. The van der Waals surface area contributed by atoms with Crippen LogP contribution < -0.4 is 0 Å². The Morgan fingerprint density at radius 1 is 0.344 bits per heavy atom. The van der Waals surface area contributed by atoms with Crippen LogP contribution in [0, 0.1) is 0 Å². The van der Waals surface area contributed by atoms with Gasteiger partial charge in [-0.2, -0.15) is 0 Å². The van der Waals surface area contributed by atoms with Crippen LogP contribution in [-0.4, -0.2) is 37.2 Å². The lowest BCUT2D eigenvalue weighted by Gasteiger charge is -2.18. The van der Waals surface area contributed by atoms with E-state index in [1.54, 1.807) is 0 Å². The molecule has 0 radical (unpaired) electrons. The Labute approximate surface area is 377 Å². The third-order valence-electron chi connectivity index (χ3n) is 11.0. The van der Waals surface area contributed by atoms with E-state index in [2.05, 4.69) is 81.5 Å². The molecule has 0 aromatic heterocycles. The van der Waals surface area contributed by atoms with Crippen LogP contribution in [0.3, 0.4) is 0 Å². The van der Waals surface area contributed by atoms with Crippen molar-refractivity contribution in [3.05, 3.63) is 60.8 Å². The summed E-state index contributed by atoms with van der Waals surface area (Å²) in [6.07, 6.45) is 60.8. The zero-order valence-electron chi connectivity index (χ0n) is 40.2. The number of allylic oxidation sites excluding steroid dienone is 10. The fourth-order valence-corrected chi connectivity index (χ4v) is 7.17. The lowest BCUT2D eigenvalue weighted by molar-refractivity contribution is -0.167. The highest BCUT2D eigenvalue weighted by molar-refractivity contribution is 5.71. The van der Waals surface area contributed by atoms with Crippen LogP contribution in [0.1, 0.15) is 252 Å². The lowest BCUT2D eigenvalue weighted by atomic mass is 10.1. The second-order valence-corrected chi connectivity index (χ2v) is 17.1. The number of unbranched alkanes of at least 4 members (excludes halogenated alkanes) is 25. The van der Waals surface area contributed by atoms with Gasteiger partial charge >= 0.3 is 17.9 Å². The monoisotopic (exact) mass is 853 g/mol. The van der Waals surface area contributed by atoms with Crippen molar-refractivity contribution in [3.63, 3.8) is 0 Å². The summed E-state index contributed by atoms with van der Waals surface area (Å²) in [5.41, 5.74) is 0. The van der Waals surface area contributed by atoms with E-state index in [1.165, 1.54) is 116 Å². The second kappa shape index (κ2) is 49.8. The van der Waals surface area contributed by atoms with E-state index in [9.17, 15) is 14.4 Å². The highest BCUT2D eigenvalue weighted by atomic mass is 16.6. The molecule has 0 heterocycles. The lowest BCUT2D eigenvalue weighted by Crippen LogP contribution is -2.30. The molecule has 1 atom stereocenters. The Morgan fingerprint density at radius 3 is 1.00 bits per heavy atom. The largest absolute Gasteiger partial charge is 0.462 e. The van der Waals surface area contributed by atoms with E-state index in [-0.39, 0.29) is 31.1 Å². The average Bonchev–Trinajstić information content (AvgIpc) is 3.26. The van der Waals surface area contributed by atoms with Gasteiger partial charge in [-0.1, -0.05) is 229 Å². The van der Waals surface area contributed by atoms with Gasteiger partial charge in [-0.3, -0.25) is 14.4 Å². The number of esters is 3. The van der Waals surface area contributed by atoms with Crippen molar-refractivity contribution in [2.75, 3.05) is 13.2 Å². The van der Waals surface area contributed by atoms with E-state index < -0.39 is 6.10 Å². The molecule has 0 aliphatic carbocycles. The van der Waals surface area contributed by atoms with Crippen LogP contribution in [0.5, 0.6) is 0 Å². The zero-order chi connectivity index (χ0) is 44.4. The van der Waals surface area contributed by atoms with Crippen molar-refractivity contribution in [2.24, 2.45) is 0 Å². The molecular weight excluding hydrogens is 757 g/mol. The van der Waals surface area contributed by atoms with Gasteiger partial charge in [0, 0.05) is 19.3 Å². The van der Waals surface area contributed by atoms with Crippen LogP contribution in [0.15, 0.2) is 60.8 Å². The molecule has 0 N–H and O–H groups in total. The summed E-state index contributed by atoms with van der Waals surface area (Å²) in [4.78, 5) is 37.7.